The molecular formula is C28H18F12N2+2. The molecule has 2 aromatic heterocycles. The minimum absolute atomic E-state index is 0.0613. The van der Waals surface area contributed by atoms with E-state index in [2.05, 4.69) is 0 Å². The molecule has 0 saturated heterocycles. The van der Waals surface area contributed by atoms with Gasteiger partial charge in [0, 0.05) is 35.4 Å². The summed E-state index contributed by atoms with van der Waals surface area (Å²) in [5.41, 5.74) is -5.31. The molecule has 0 atom stereocenters. The average Bonchev–Trinajstić information content (AvgIpc) is 2.87. The van der Waals surface area contributed by atoms with Gasteiger partial charge in [-0.2, -0.15) is 52.7 Å². The second kappa shape index (κ2) is 11.0. The first-order valence-corrected chi connectivity index (χ1v) is 11.9. The number of halogens is 12. The Bertz CT molecular complexity index is 1430. The number of rotatable bonds is 5. The predicted molar refractivity (Wildman–Crippen MR) is 123 cm³/mol. The highest BCUT2D eigenvalue weighted by molar-refractivity contribution is 5.61. The lowest BCUT2D eigenvalue weighted by Crippen LogP contribution is -2.35. The molecule has 2 nitrogen and oxygen atoms in total. The van der Waals surface area contributed by atoms with E-state index in [1.165, 1.54) is 58.2 Å². The van der Waals surface area contributed by atoms with Gasteiger partial charge in [-0.25, -0.2) is 9.13 Å². The molecule has 0 spiro atoms. The fourth-order valence-corrected chi connectivity index (χ4v) is 4.21. The number of alkyl halides is 12. The summed E-state index contributed by atoms with van der Waals surface area (Å²) in [4.78, 5) is 0. The van der Waals surface area contributed by atoms with Gasteiger partial charge < -0.3 is 0 Å². The van der Waals surface area contributed by atoms with Crippen molar-refractivity contribution in [1.29, 1.82) is 0 Å². The van der Waals surface area contributed by atoms with Crippen LogP contribution in [0.3, 0.4) is 0 Å². The summed E-state index contributed by atoms with van der Waals surface area (Å²) in [7, 11) is 0. The van der Waals surface area contributed by atoms with Crippen LogP contribution in [0.15, 0.2) is 85.5 Å². The molecule has 0 fully saturated rings. The van der Waals surface area contributed by atoms with E-state index in [9.17, 15) is 52.7 Å². The highest BCUT2D eigenvalue weighted by Gasteiger charge is 2.40. The molecule has 4 rings (SSSR count). The lowest BCUT2D eigenvalue weighted by molar-refractivity contribution is -0.688. The zero-order chi connectivity index (χ0) is 31.1. The van der Waals surface area contributed by atoms with Gasteiger partial charge in [-0.15, -0.1) is 0 Å². The number of nitrogens with zero attached hydrogens (tertiary/aromatic N) is 2. The molecule has 0 aliphatic carbocycles. The van der Waals surface area contributed by atoms with E-state index in [0.29, 0.717) is 23.3 Å². The monoisotopic (exact) mass is 610 g/mol. The molecule has 4 aromatic rings. The van der Waals surface area contributed by atoms with Crippen molar-refractivity contribution in [3.8, 4) is 11.1 Å². The molecule has 2 aromatic carbocycles. The van der Waals surface area contributed by atoms with Crippen LogP contribution >= 0.6 is 0 Å². The van der Waals surface area contributed by atoms with E-state index < -0.39 is 47.0 Å². The molecule has 0 bridgehead atoms. The van der Waals surface area contributed by atoms with Crippen molar-refractivity contribution >= 4 is 0 Å². The SMILES string of the molecule is FC(F)(F)c1ccc(C[n+]2ccc(-c3cc[n+](Cc4ccc(C(F)(F)F)cc4C(F)(F)F)cc3)cc2)c(C(F)(F)F)c1. The summed E-state index contributed by atoms with van der Waals surface area (Å²) >= 11 is 0. The normalized spacial score (nSPS) is 13.0. The number of hydrogen-bond donors (Lipinski definition) is 0. The Balaban J connectivity index is 1.53. The van der Waals surface area contributed by atoms with Gasteiger partial charge in [0.15, 0.2) is 37.9 Å². The van der Waals surface area contributed by atoms with Crippen molar-refractivity contribution in [2.45, 2.75) is 37.8 Å². The first kappa shape index (κ1) is 30.8. The van der Waals surface area contributed by atoms with Crippen molar-refractivity contribution in [2.75, 3.05) is 0 Å². The summed E-state index contributed by atoms with van der Waals surface area (Å²) in [5, 5.41) is 0. The molecule has 0 saturated carbocycles. The van der Waals surface area contributed by atoms with Crippen LogP contribution in [0.25, 0.3) is 11.1 Å². The number of benzene rings is 2. The minimum Gasteiger partial charge on any atom is -0.201 e. The van der Waals surface area contributed by atoms with E-state index in [4.69, 9.17) is 0 Å². The molecular weight excluding hydrogens is 592 g/mol. The maximum absolute atomic E-state index is 13.4. The van der Waals surface area contributed by atoms with E-state index >= 15 is 0 Å². The molecule has 0 aliphatic rings. The maximum atomic E-state index is 13.4. The number of pyridine rings is 2. The molecule has 0 amide bonds. The van der Waals surface area contributed by atoms with Crippen LogP contribution in [-0.2, 0) is 37.8 Å². The highest BCUT2D eigenvalue weighted by atomic mass is 19.4. The van der Waals surface area contributed by atoms with Crippen LogP contribution in [0.5, 0.6) is 0 Å². The van der Waals surface area contributed by atoms with Gasteiger partial charge in [-0.05, 0) is 35.4 Å². The summed E-state index contributed by atoms with van der Waals surface area (Å²) in [6.07, 6.45) is -14.3. The van der Waals surface area contributed by atoms with E-state index in [1.54, 1.807) is 0 Å². The lowest BCUT2D eigenvalue weighted by atomic mass is 10.0. The topological polar surface area (TPSA) is 7.76 Å². The summed E-state index contributed by atoms with van der Waals surface area (Å²) in [5.74, 6) is 0. The zero-order valence-electron chi connectivity index (χ0n) is 20.9. The molecule has 14 heteroatoms. The van der Waals surface area contributed by atoms with Crippen LogP contribution in [-0.4, -0.2) is 0 Å². The molecule has 0 unspecified atom stereocenters. The van der Waals surface area contributed by atoms with Gasteiger partial charge in [0.2, 0.25) is 0 Å². The van der Waals surface area contributed by atoms with Gasteiger partial charge in [-0.1, -0.05) is 12.1 Å². The number of hydrogen-bond acceptors (Lipinski definition) is 0. The van der Waals surface area contributed by atoms with Gasteiger partial charge in [0.05, 0.1) is 22.3 Å². The Kier molecular flexibility index (Phi) is 8.04. The molecule has 0 aliphatic heterocycles. The third-order valence-corrected chi connectivity index (χ3v) is 6.31. The van der Waals surface area contributed by atoms with Crippen molar-refractivity contribution in [1.82, 2.24) is 0 Å². The third kappa shape index (κ3) is 7.21. The van der Waals surface area contributed by atoms with Crippen molar-refractivity contribution in [3.63, 3.8) is 0 Å². The quantitative estimate of drug-likeness (QED) is 0.159. The molecule has 222 valence electrons. The van der Waals surface area contributed by atoms with Crippen molar-refractivity contribution < 1.29 is 61.8 Å². The van der Waals surface area contributed by atoms with Crippen LogP contribution in [0.1, 0.15) is 33.4 Å². The van der Waals surface area contributed by atoms with Crippen molar-refractivity contribution in [3.05, 3.63) is 119 Å². The molecule has 42 heavy (non-hydrogen) atoms. The first-order valence-electron chi connectivity index (χ1n) is 11.9. The van der Waals surface area contributed by atoms with Crippen LogP contribution < -0.4 is 9.13 Å². The first-order chi connectivity index (χ1) is 19.3. The highest BCUT2D eigenvalue weighted by Crippen LogP contribution is 2.38. The summed E-state index contributed by atoms with van der Waals surface area (Å²) < 4.78 is 161. The van der Waals surface area contributed by atoms with Crippen molar-refractivity contribution in [2.24, 2.45) is 0 Å². The van der Waals surface area contributed by atoms with Crippen LogP contribution in [0.4, 0.5) is 52.7 Å². The molecule has 0 N–H and O–H groups in total. The smallest absolute Gasteiger partial charge is 0.201 e. The summed E-state index contributed by atoms with van der Waals surface area (Å²) in [6.45, 7) is -0.757. The fourth-order valence-electron chi connectivity index (χ4n) is 4.21. The van der Waals surface area contributed by atoms with E-state index in [1.807, 2.05) is 0 Å². The average molecular weight is 610 g/mol. The largest absolute Gasteiger partial charge is 0.416 e. The second-order valence-corrected chi connectivity index (χ2v) is 9.25. The molecule has 2 heterocycles. The Morgan fingerprint density at radius 1 is 0.405 bits per heavy atom. The van der Waals surface area contributed by atoms with Gasteiger partial charge in [0.1, 0.15) is 0 Å². The Hall–Kier alpha value is -4.10. The minimum atomic E-state index is -5.02. The van der Waals surface area contributed by atoms with Crippen LogP contribution in [0.2, 0.25) is 0 Å². The maximum Gasteiger partial charge on any atom is 0.416 e. The summed E-state index contributed by atoms with van der Waals surface area (Å²) in [6, 6.07) is 8.89. The number of aromatic nitrogens is 2. The van der Waals surface area contributed by atoms with Gasteiger partial charge in [0.25, 0.3) is 0 Å². The lowest BCUT2D eigenvalue weighted by Gasteiger charge is -2.14. The Morgan fingerprint density at radius 3 is 0.976 bits per heavy atom. The Morgan fingerprint density at radius 2 is 0.714 bits per heavy atom. The second-order valence-electron chi connectivity index (χ2n) is 9.25. The van der Waals surface area contributed by atoms with Crippen LogP contribution in [0, 0.1) is 0 Å². The Labute approximate surface area is 230 Å². The van der Waals surface area contributed by atoms with Gasteiger partial charge >= 0.3 is 24.7 Å². The van der Waals surface area contributed by atoms with Gasteiger partial charge in [-0.3, -0.25) is 0 Å². The van der Waals surface area contributed by atoms with E-state index in [-0.39, 0.29) is 36.3 Å². The van der Waals surface area contributed by atoms with E-state index in [0.717, 1.165) is 12.1 Å². The fraction of sp³-hybridized carbons (Fsp3) is 0.214. The molecule has 0 radical (unpaired) electrons. The third-order valence-electron chi connectivity index (χ3n) is 6.31. The standard InChI is InChI=1S/C28H18F12N2/c29-25(30,31)21-3-1-19(23(13-21)27(35,36)37)15-41-9-5-17(6-10-41)18-7-11-42(12-8-18)16-20-2-4-22(26(32,33)34)14-24(20)28(38,39)40/h1-14H,15-16H2/q+2. The zero-order valence-corrected chi connectivity index (χ0v) is 20.9. The predicted octanol–water partition coefficient (Wildman–Crippen LogP) is 8.10.